The van der Waals surface area contributed by atoms with Gasteiger partial charge in [-0.3, -0.25) is 4.79 Å². The van der Waals surface area contributed by atoms with Crippen LogP contribution in [0.25, 0.3) is 11.0 Å². The third-order valence-electron chi connectivity index (χ3n) is 3.60. The number of anilines is 1. The number of nitrogens with zero attached hydrogens (tertiary/aromatic N) is 2. The van der Waals surface area contributed by atoms with Crippen LogP contribution in [0.4, 0.5) is 19.1 Å². The molecule has 1 amide bonds. The fourth-order valence-corrected chi connectivity index (χ4v) is 2.63. The number of fused-ring (bicyclic) bond motifs is 1. The number of aromatic amines is 1. The van der Waals surface area contributed by atoms with Crippen molar-refractivity contribution in [1.29, 1.82) is 0 Å². The molecule has 118 valence electrons. The number of carbonyl (C=O) groups excluding carboxylic acids is 1. The third kappa shape index (κ3) is 3.15. The first-order valence-corrected chi connectivity index (χ1v) is 6.99. The molecule has 22 heavy (non-hydrogen) atoms. The number of amides is 1. The monoisotopic (exact) mass is 312 g/mol. The number of para-hydroxylation sites is 2. The van der Waals surface area contributed by atoms with E-state index in [-0.39, 0.29) is 6.54 Å². The fourth-order valence-electron chi connectivity index (χ4n) is 2.63. The van der Waals surface area contributed by atoms with Crippen LogP contribution in [-0.2, 0) is 4.79 Å². The van der Waals surface area contributed by atoms with Gasteiger partial charge in [0.1, 0.15) is 12.6 Å². The van der Waals surface area contributed by atoms with E-state index in [1.54, 1.807) is 0 Å². The molecule has 3 rings (SSSR count). The second-order valence-corrected chi connectivity index (χ2v) is 5.32. The molecule has 2 N–H and O–H groups in total. The molecule has 0 radical (unpaired) electrons. The van der Waals surface area contributed by atoms with E-state index in [9.17, 15) is 18.0 Å². The van der Waals surface area contributed by atoms with Crippen LogP contribution >= 0.6 is 0 Å². The maximum absolute atomic E-state index is 12.5. The van der Waals surface area contributed by atoms with E-state index in [0.717, 1.165) is 15.9 Å². The molecule has 1 aliphatic heterocycles. The predicted molar refractivity (Wildman–Crippen MR) is 75.4 cm³/mol. The number of likely N-dealkylation sites (tertiary alicyclic amines) is 1. The van der Waals surface area contributed by atoms with Gasteiger partial charge in [-0.25, -0.2) is 4.98 Å². The van der Waals surface area contributed by atoms with Gasteiger partial charge in [0, 0.05) is 6.54 Å². The lowest BCUT2D eigenvalue weighted by Gasteiger charge is -2.32. The summed E-state index contributed by atoms with van der Waals surface area (Å²) in [4.78, 5) is 20.3. The molecule has 1 fully saturated rings. The zero-order chi connectivity index (χ0) is 15.7. The zero-order valence-corrected chi connectivity index (χ0v) is 11.7. The lowest BCUT2D eigenvalue weighted by molar-refractivity contribution is -0.163. The van der Waals surface area contributed by atoms with Gasteiger partial charge in [-0.15, -0.1) is 0 Å². The SMILES string of the molecule is O=C1C(Nc2nc3ccccc3[nH]2)CCCN1CC(F)(F)F. The highest BCUT2D eigenvalue weighted by atomic mass is 19.4. The second kappa shape index (κ2) is 5.51. The number of nitrogens with one attached hydrogen (secondary N) is 2. The average Bonchev–Trinajstić information content (AvgIpc) is 2.84. The first kappa shape index (κ1) is 14.7. The first-order chi connectivity index (χ1) is 10.4. The molecule has 5 nitrogen and oxygen atoms in total. The Bertz CT molecular complexity index is 649. The van der Waals surface area contributed by atoms with Crippen LogP contribution < -0.4 is 5.32 Å². The number of H-pyrrole nitrogens is 1. The van der Waals surface area contributed by atoms with Crippen molar-refractivity contribution in [2.24, 2.45) is 0 Å². The lowest BCUT2D eigenvalue weighted by atomic mass is 10.1. The molecule has 1 atom stereocenters. The highest BCUT2D eigenvalue weighted by Crippen LogP contribution is 2.22. The minimum Gasteiger partial charge on any atom is -0.344 e. The van der Waals surface area contributed by atoms with Crippen molar-refractivity contribution < 1.29 is 18.0 Å². The van der Waals surface area contributed by atoms with E-state index in [1.807, 2.05) is 24.3 Å². The Morgan fingerprint density at radius 1 is 1.36 bits per heavy atom. The summed E-state index contributed by atoms with van der Waals surface area (Å²) in [6, 6.07) is 6.66. The quantitative estimate of drug-likeness (QED) is 0.915. The molecule has 1 aliphatic rings. The van der Waals surface area contributed by atoms with Gasteiger partial charge in [0.15, 0.2) is 0 Å². The number of hydrogen-bond donors (Lipinski definition) is 2. The second-order valence-electron chi connectivity index (χ2n) is 5.32. The van der Waals surface area contributed by atoms with E-state index < -0.39 is 24.7 Å². The Balaban J connectivity index is 1.72. The van der Waals surface area contributed by atoms with Crippen molar-refractivity contribution in [3.63, 3.8) is 0 Å². The van der Waals surface area contributed by atoms with Crippen LogP contribution in [0.3, 0.4) is 0 Å². The molecule has 1 aromatic carbocycles. The van der Waals surface area contributed by atoms with Gasteiger partial charge in [0.25, 0.3) is 0 Å². The Labute approximate surface area is 124 Å². The summed E-state index contributed by atoms with van der Waals surface area (Å²) in [6.07, 6.45) is -3.36. The highest BCUT2D eigenvalue weighted by molar-refractivity contribution is 5.86. The number of benzene rings is 1. The highest BCUT2D eigenvalue weighted by Gasteiger charge is 2.37. The smallest absolute Gasteiger partial charge is 0.344 e. The van der Waals surface area contributed by atoms with Gasteiger partial charge in [0.05, 0.1) is 11.0 Å². The molecule has 0 spiro atoms. The normalized spacial score (nSPS) is 19.7. The Kier molecular flexibility index (Phi) is 3.67. The maximum atomic E-state index is 12.5. The summed E-state index contributed by atoms with van der Waals surface area (Å²) in [5, 5.41) is 2.91. The van der Waals surface area contributed by atoms with Crippen molar-refractivity contribution >= 4 is 22.9 Å². The number of imidazole rings is 1. The van der Waals surface area contributed by atoms with Gasteiger partial charge in [-0.05, 0) is 25.0 Å². The van der Waals surface area contributed by atoms with Gasteiger partial charge in [0.2, 0.25) is 11.9 Å². The standard InChI is InChI=1S/C14H15F3N4O/c15-14(16,17)8-21-7-3-6-11(12(21)22)20-13-18-9-4-1-2-5-10(9)19-13/h1-2,4-5,11H,3,6-8H2,(H2,18,19,20). The largest absolute Gasteiger partial charge is 0.406 e. The predicted octanol–water partition coefficient (Wildman–Crippen LogP) is 2.53. The van der Waals surface area contributed by atoms with E-state index in [1.165, 1.54) is 0 Å². The molecular formula is C14H15F3N4O. The number of hydrogen-bond acceptors (Lipinski definition) is 3. The molecule has 1 saturated heterocycles. The van der Waals surface area contributed by atoms with Gasteiger partial charge < -0.3 is 15.2 Å². The summed E-state index contributed by atoms with van der Waals surface area (Å²) < 4.78 is 37.4. The number of rotatable bonds is 3. The zero-order valence-electron chi connectivity index (χ0n) is 11.7. The summed E-state index contributed by atoms with van der Waals surface area (Å²) in [5.41, 5.74) is 1.54. The van der Waals surface area contributed by atoms with Crippen molar-refractivity contribution in [1.82, 2.24) is 14.9 Å². The first-order valence-electron chi connectivity index (χ1n) is 6.99. The summed E-state index contributed by atoms with van der Waals surface area (Å²) in [6.45, 7) is -1.07. The van der Waals surface area contributed by atoms with E-state index in [4.69, 9.17) is 0 Å². The van der Waals surface area contributed by atoms with Crippen molar-refractivity contribution in [3.8, 4) is 0 Å². The number of halogens is 3. The minimum absolute atomic E-state index is 0.136. The molecule has 1 unspecified atom stereocenters. The average molecular weight is 312 g/mol. The van der Waals surface area contributed by atoms with Crippen LogP contribution in [0.5, 0.6) is 0 Å². The summed E-state index contributed by atoms with van der Waals surface area (Å²) >= 11 is 0. The van der Waals surface area contributed by atoms with Crippen LogP contribution in [0, 0.1) is 0 Å². The van der Waals surface area contributed by atoms with E-state index >= 15 is 0 Å². The van der Waals surface area contributed by atoms with Crippen LogP contribution in [0.1, 0.15) is 12.8 Å². The lowest BCUT2D eigenvalue weighted by Crippen LogP contribution is -2.50. The van der Waals surface area contributed by atoms with Crippen molar-refractivity contribution in [3.05, 3.63) is 24.3 Å². The number of piperidine rings is 1. The fraction of sp³-hybridized carbons (Fsp3) is 0.429. The molecule has 1 aromatic heterocycles. The van der Waals surface area contributed by atoms with Gasteiger partial charge in [-0.1, -0.05) is 12.1 Å². The summed E-state index contributed by atoms with van der Waals surface area (Å²) in [7, 11) is 0. The molecule has 0 bridgehead atoms. The van der Waals surface area contributed by atoms with E-state index in [0.29, 0.717) is 18.8 Å². The topological polar surface area (TPSA) is 61.0 Å². The van der Waals surface area contributed by atoms with Crippen molar-refractivity contribution in [2.45, 2.75) is 25.1 Å². The Morgan fingerprint density at radius 2 is 2.14 bits per heavy atom. The van der Waals surface area contributed by atoms with Crippen LogP contribution in [0.15, 0.2) is 24.3 Å². The summed E-state index contributed by atoms with van der Waals surface area (Å²) in [5.74, 6) is -0.141. The molecule has 2 aromatic rings. The minimum atomic E-state index is -4.38. The molecule has 8 heteroatoms. The van der Waals surface area contributed by atoms with Gasteiger partial charge in [-0.2, -0.15) is 13.2 Å². The van der Waals surface area contributed by atoms with Crippen LogP contribution in [0.2, 0.25) is 0 Å². The molecule has 2 heterocycles. The van der Waals surface area contributed by atoms with Crippen molar-refractivity contribution in [2.75, 3.05) is 18.4 Å². The maximum Gasteiger partial charge on any atom is 0.406 e. The molecule has 0 aliphatic carbocycles. The van der Waals surface area contributed by atoms with Gasteiger partial charge >= 0.3 is 6.18 Å². The number of aromatic nitrogens is 2. The number of alkyl halides is 3. The Hall–Kier alpha value is -2.25. The molecular weight excluding hydrogens is 297 g/mol. The Morgan fingerprint density at radius 3 is 2.86 bits per heavy atom. The molecule has 0 saturated carbocycles. The third-order valence-corrected chi connectivity index (χ3v) is 3.60. The number of carbonyl (C=O) groups is 1. The van der Waals surface area contributed by atoms with E-state index in [2.05, 4.69) is 15.3 Å². The van der Waals surface area contributed by atoms with Crippen LogP contribution in [-0.4, -0.2) is 46.1 Å².